The van der Waals surface area contributed by atoms with Crippen molar-refractivity contribution in [1.82, 2.24) is 0 Å². The zero-order chi connectivity index (χ0) is 18.1. The van der Waals surface area contributed by atoms with E-state index in [4.69, 9.17) is 4.74 Å². The van der Waals surface area contributed by atoms with Gasteiger partial charge in [0.1, 0.15) is 6.61 Å². The van der Waals surface area contributed by atoms with Crippen molar-refractivity contribution in [2.24, 2.45) is 10.2 Å². The number of benzene rings is 2. The molecule has 130 valence electrons. The van der Waals surface area contributed by atoms with E-state index in [2.05, 4.69) is 28.6 Å². The van der Waals surface area contributed by atoms with Gasteiger partial charge in [0.05, 0.1) is 17.9 Å². The SMILES string of the molecule is C=C(C)C(=O)OCCN(CC)c1ccc(/N=N/c2ccccc2)cc1. The third-order valence-corrected chi connectivity index (χ3v) is 3.58. The minimum atomic E-state index is -0.354. The summed E-state index contributed by atoms with van der Waals surface area (Å²) in [6, 6.07) is 17.4. The lowest BCUT2D eigenvalue weighted by Gasteiger charge is -2.22. The van der Waals surface area contributed by atoms with Gasteiger partial charge in [-0.25, -0.2) is 4.79 Å². The molecule has 0 N–H and O–H groups in total. The summed E-state index contributed by atoms with van der Waals surface area (Å²) in [7, 11) is 0. The van der Waals surface area contributed by atoms with Crippen molar-refractivity contribution < 1.29 is 9.53 Å². The highest BCUT2D eigenvalue weighted by molar-refractivity contribution is 5.86. The molecule has 0 heterocycles. The largest absolute Gasteiger partial charge is 0.460 e. The second-order valence-electron chi connectivity index (χ2n) is 5.55. The fraction of sp³-hybridized carbons (Fsp3) is 0.250. The summed E-state index contributed by atoms with van der Waals surface area (Å²) in [5.41, 5.74) is 3.07. The van der Waals surface area contributed by atoms with Gasteiger partial charge in [-0.15, -0.1) is 0 Å². The van der Waals surface area contributed by atoms with Crippen LogP contribution in [0.25, 0.3) is 0 Å². The second kappa shape index (κ2) is 9.37. The zero-order valence-corrected chi connectivity index (χ0v) is 14.7. The van der Waals surface area contributed by atoms with Gasteiger partial charge < -0.3 is 9.64 Å². The Balaban J connectivity index is 1.93. The number of esters is 1. The molecule has 25 heavy (non-hydrogen) atoms. The van der Waals surface area contributed by atoms with Crippen LogP contribution in [0.15, 0.2) is 77.0 Å². The molecule has 2 rings (SSSR count). The van der Waals surface area contributed by atoms with Gasteiger partial charge in [-0.1, -0.05) is 24.8 Å². The summed E-state index contributed by atoms with van der Waals surface area (Å²) >= 11 is 0. The summed E-state index contributed by atoms with van der Waals surface area (Å²) in [4.78, 5) is 13.5. The van der Waals surface area contributed by atoms with E-state index in [9.17, 15) is 4.79 Å². The van der Waals surface area contributed by atoms with Crippen molar-refractivity contribution in [3.63, 3.8) is 0 Å². The van der Waals surface area contributed by atoms with Gasteiger partial charge in [-0.2, -0.15) is 10.2 Å². The Morgan fingerprint density at radius 1 is 1.04 bits per heavy atom. The molecule has 0 aliphatic rings. The number of likely N-dealkylation sites (N-methyl/N-ethyl adjacent to an activating group) is 1. The normalized spacial score (nSPS) is 10.6. The molecule has 0 saturated carbocycles. The average molecular weight is 337 g/mol. The van der Waals surface area contributed by atoms with Crippen molar-refractivity contribution in [2.75, 3.05) is 24.6 Å². The molecule has 2 aromatic rings. The number of hydrogen-bond acceptors (Lipinski definition) is 5. The minimum Gasteiger partial charge on any atom is -0.460 e. The molecule has 0 atom stereocenters. The van der Waals surface area contributed by atoms with Gasteiger partial charge in [-0.3, -0.25) is 0 Å². The van der Waals surface area contributed by atoms with Crippen molar-refractivity contribution in [2.45, 2.75) is 13.8 Å². The molecule has 0 saturated heterocycles. The van der Waals surface area contributed by atoms with Gasteiger partial charge >= 0.3 is 5.97 Å². The van der Waals surface area contributed by atoms with E-state index in [1.807, 2.05) is 54.6 Å². The van der Waals surface area contributed by atoms with E-state index < -0.39 is 0 Å². The zero-order valence-electron chi connectivity index (χ0n) is 14.7. The number of nitrogens with zero attached hydrogens (tertiary/aromatic N) is 3. The first-order chi connectivity index (χ1) is 12.1. The maximum absolute atomic E-state index is 11.4. The van der Waals surface area contributed by atoms with Gasteiger partial charge in [0.2, 0.25) is 0 Å². The maximum Gasteiger partial charge on any atom is 0.333 e. The molecule has 0 aromatic heterocycles. The standard InChI is InChI=1S/C20H23N3O2/c1-4-23(14-15-25-20(24)16(2)3)19-12-10-18(11-13-19)22-21-17-8-6-5-7-9-17/h5-13H,2,4,14-15H2,1,3H3/b22-21+. The van der Waals surface area contributed by atoms with Crippen molar-refractivity contribution in [3.05, 3.63) is 66.7 Å². The number of carbonyl (C=O) groups excluding carboxylic acids is 1. The number of ether oxygens (including phenoxy) is 1. The van der Waals surface area contributed by atoms with Crippen LogP contribution < -0.4 is 4.90 Å². The van der Waals surface area contributed by atoms with E-state index in [1.165, 1.54) is 0 Å². The van der Waals surface area contributed by atoms with Crippen molar-refractivity contribution in [1.29, 1.82) is 0 Å². The third-order valence-electron chi connectivity index (χ3n) is 3.58. The van der Waals surface area contributed by atoms with E-state index in [-0.39, 0.29) is 5.97 Å². The van der Waals surface area contributed by atoms with Crippen molar-refractivity contribution in [3.8, 4) is 0 Å². The molecular weight excluding hydrogens is 314 g/mol. The first-order valence-electron chi connectivity index (χ1n) is 8.24. The Kier molecular flexibility index (Phi) is 6.89. The highest BCUT2D eigenvalue weighted by Crippen LogP contribution is 2.22. The molecule has 2 aromatic carbocycles. The molecule has 0 unspecified atom stereocenters. The van der Waals surface area contributed by atoms with E-state index in [0.29, 0.717) is 18.7 Å². The highest BCUT2D eigenvalue weighted by atomic mass is 16.5. The van der Waals surface area contributed by atoms with Crippen LogP contribution in [0.4, 0.5) is 17.1 Å². The van der Waals surface area contributed by atoms with Crippen LogP contribution in [0.1, 0.15) is 13.8 Å². The fourth-order valence-corrected chi connectivity index (χ4v) is 2.18. The van der Waals surface area contributed by atoms with Gasteiger partial charge in [0.15, 0.2) is 0 Å². The summed E-state index contributed by atoms with van der Waals surface area (Å²) < 4.78 is 5.15. The van der Waals surface area contributed by atoms with Gasteiger partial charge in [-0.05, 0) is 50.2 Å². The molecule has 0 bridgehead atoms. The van der Waals surface area contributed by atoms with Crippen LogP contribution in [-0.4, -0.2) is 25.7 Å². The number of hydrogen-bond donors (Lipinski definition) is 0. The molecule has 5 nitrogen and oxygen atoms in total. The van der Waals surface area contributed by atoms with Crippen LogP contribution in [0.3, 0.4) is 0 Å². The predicted molar refractivity (Wildman–Crippen MR) is 101 cm³/mol. The lowest BCUT2D eigenvalue weighted by atomic mass is 10.2. The van der Waals surface area contributed by atoms with E-state index in [1.54, 1.807) is 6.92 Å². The Morgan fingerprint density at radius 3 is 2.20 bits per heavy atom. The van der Waals surface area contributed by atoms with Crippen LogP contribution in [0.2, 0.25) is 0 Å². The van der Waals surface area contributed by atoms with Crippen LogP contribution in [0.5, 0.6) is 0 Å². The third kappa shape index (κ3) is 5.88. The van der Waals surface area contributed by atoms with E-state index >= 15 is 0 Å². The van der Waals surface area contributed by atoms with Crippen LogP contribution >= 0.6 is 0 Å². The Bertz CT molecular complexity index is 724. The minimum absolute atomic E-state index is 0.328. The molecule has 0 fully saturated rings. The monoisotopic (exact) mass is 337 g/mol. The number of rotatable bonds is 8. The molecule has 0 aliphatic carbocycles. The van der Waals surface area contributed by atoms with Crippen LogP contribution in [0, 0.1) is 0 Å². The highest BCUT2D eigenvalue weighted by Gasteiger charge is 2.07. The predicted octanol–water partition coefficient (Wildman–Crippen LogP) is 5.05. The number of carbonyl (C=O) groups is 1. The Labute approximate surface area is 148 Å². The summed E-state index contributed by atoms with van der Waals surface area (Å²) in [6.07, 6.45) is 0. The number of azo groups is 1. The van der Waals surface area contributed by atoms with Gasteiger partial charge in [0.25, 0.3) is 0 Å². The van der Waals surface area contributed by atoms with Crippen LogP contribution in [-0.2, 0) is 9.53 Å². The molecule has 0 aliphatic heterocycles. The number of anilines is 1. The second-order valence-corrected chi connectivity index (χ2v) is 5.55. The maximum atomic E-state index is 11.4. The topological polar surface area (TPSA) is 54.3 Å². The van der Waals surface area contributed by atoms with Gasteiger partial charge in [0, 0.05) is 17.8 Å². The lowest BCUT2D eigenvalue weighted by Crippen LogP contribution is -2.28. The summed E-state index contributed by atoms with van der Waals surface area (Å²) in [6.45, 7) is 9.04. The average Bonchev–Trinajstić information content (AvgIpc) is 2.64. The quantitative estimate of drug-likeness (QED) is 0.385. The van der Waals surface area contributed by atoms with Crippen molar-refractivity contribution >= 4 is 23.0 Å². The van der Waals surface area contributed by atoms with E-state index in [0.717, 1.165) is 23.6 Å². The smallest absolute Gasteiger partial charge is 0.333 e. The molecule has 5 heteroatoms. The lowest BCUT2D eigenvalue weighted by molar-refractivity contribution is -0.138. The Morgan fingerprint density at radius 2 is 1.64 bits per heavy atom. The summed E-state index contributed by atoms with van der Waals surface area (Å²) in [5, 5.41) is 8.44. The molecule has 0 radical (unpaired) electrons. The molecule has 0 spiro atoms. The first kappa shape index (κ1) is 18.4. The molecular formula is C20H23N3O2. The molecule has 0 amide bonds. The fourth-order valence-electron chi connectivity index (χ4n) is 2.18. The summed E-state index contributed by atoms with van der Waals surface area (Å²) in [5.74, 6) is -0.354. The first-order valence-corrected chi connectivity index (χ1v) is 8.24. The Hall–Kier alpha value is -2.95.